The van der Waals surface area contributed by atoms with E-state index in [0.717, 1.165) is 55.8 Å². The maximum Gasteiger partial charge on any atom is 0.135 e. The molecule has 2 heterocycles. The highest BCUT2D eigenvalue weighted by Crippen LogP contribution is 2.42. The summed E-state index contributed by atoms with van der Waals surface area (Å²) in [4.78, 5) is 2.39. The van der Waals surface area contributed by atoms with Crippen molar-refractivity contribution < 1.29 is 4.42 Å². The molecule has 230 valence electrons. The summed E-state index contributed by atoms with van der Waals surface area (Å²) in [5.41, 5.74) is 11.0. The van der Waals surface area contributed by atoms with E-state index in [0.29, 0.717) is 0 Å². The number of rotatable bonds is 5. The van der Waals surface area contributed by atoms with E-state index in [1.807, 2.05) is 12.1 Å². The van der Waals surface area contributed by atoms with E-state index >= 15 is 0 Å². The third-order valence-corrected chi connectivity index (χ3v) is 9.77. The maximum atomic E-state index is 6.10. The predicted molar refractivity (Wildman–Crippen MR) is 206 cm³/mol. The fourth-order valence-corrected chi connectivity index (χ4v) is 7.49. The molecule has 0 bridgehead atoms. The third-order valence-electron chi connectivity index (χ3n) is 9.77. The van der Waals surface area contributed by atoms with Crippen molar-refractivity contribution in [2.24, 2.45) is 0 Å². The van der Waals surface area contributed by atoms with E-state index in [4.69, 9.17) is 4.42 Å². The van der Waals surface area contributed by atoms with Crippen LogP contribution in [0.1, 0.15) is 0 Å². The Labute approximate surface area is 283 Å². The predicted octanol–water partition coefficient (Wildman–Crippen LogP) is 13.0. The Morgan fingerprint density at radius 1 is 0.388 bits per heavy atom. The number of para-hydroxylation sites is 3. The number of furan rings is 1. The molecule has 3 nitrogen and oxygen atoms in total. The second-order valence-corrected chi connectivity index (χ2v) is 12.6. The van der Waals surface area contributed by atoms with Crippen LogP contribution in [0.25, 0.3) is 71.3 Å². The molecule has 10 aromatic rings. The Hall–Kier alpha value is -6.58. The van der Waals surface area contributed by atoms with E-state index in [1.54, 1.807) is 0 Å². The SMILES string of the molecule is c1ccc(-n2c3ccccc3c3ccc(N(c4ccc(-c5ccc6oc7ccccc7c6c5)cc4)c4cccc5ccccc45)cc32)cc1. The van der Waals surface area contributed by atoms with Crippen LogP contribution in [-0.4, -0.2) is 4.57 Å². The van der Waals surface area contributed by atoms with Crippen LogP contribution in [0, 0.1) is 0 Å². The van der Waals surface area contributed by atoms with Crippen LogP contribution in [-0.2, 0) is 0 Å². The van der Waals surface area contributed by atoms with E-state index < -0.39 is 0 Å². The number of nitrogens with zero attached hydrogens (tertiary/aromatic N) is 2. The molecule has 10 rings (SSSR count). The first-order valence-electron chi connectivity index (χ1n) is 16.7. The Kier molecular flexibility index (Phi) is 6.18. The highest BCUT2D eigenvalue weighted by atomic mass is 16.3. The first-order chi connectivity index (χ1) is 24.3. The Morgan fingerprint density at radius 2 is 1.04 bits per heavy atom. The first kappa shape index (κ1) is 27.5. The van der Waals surface area contributed by atoms with Crippen LogP contribution in [0.4, 0.5) is 17.1 Å². The van der Waals surface area contributed by atoms with Gasteiger partial charge in [-0.2, -0.15) is 0 Å². The van der Waals surface area contributed by atoms with Gasteiger partial charge in [-0.3, -0.25) is 0 Å². The molecule has 0 saturated heterocycles. The van der Waals surface area contributed by atoms with Crippen molar-refractivity contribution in [2.75, 3.05) is 4.90 Å². The molecule has 49 heavy (non-hydrogen) atoms. The van der Waals surface area contributed by atoms with Gasteiger partial charge in [-0.1, -0.05) is 115 Å². The minimum absolute atomic E-state index is 0.909. The van der Waals surface area contributed by atoms with E-state index in [1.165, 1.54) is 32.6 Å². The van der Waals surface area contributed by atoms with Crippen molar-refractivity contribution >= 4 is 71.6 Å². The summed E-state index contributed by atoms with van der Waals surface area (Å²) in [6, 6.07) is 65.1. The zero-order valence-corrected chi connectivity index (χ0v) is 26.6. The third kappa shape index (κ3) is 4.44. The molecule has 0 unspecified atom stereocenters. The largest absolute Gasteiger partial charge is 0.456 e. The fraction of sp³-hybridized carbons (Fsp3) is 0. The Bertz CT molecular complexity index is 2820. The van der Waals surface area contributed by atoms with Gasteiger partial charge < -0.3 is 13.9 Å². The normalized spacial score (nSPS) is 11.7. The zero-order valence-electron chi connectivity index (χ0n) is 26.6. The molecule has 3 heteroatoms. The van der Waals surface area contributed by atoms with Gasteiger partial charge in [0.25, 0.3) is 0 Å². The average Bonchev–Trinajstić information content (AvgIpc) is 3.71. The van der Waals surface area contributed by atoms with Crippen LogP contribution in [0.2, 0.25) is 0 Å². The quantitative estimate of drug-likeness (QED) is 0.190. The van der Waals surface area contributed by atoms with Gasteiger partial charge in [-0.15, -0.1) is 0 Å². The highest BCUT2D eigenvalue weighted by molar-refractivity contribution is 6.11. The number of hydrogen-bond donors (Lipinski definition) is 0. The highest BCUT2D eigenvalue weighted by Gasteiger charge is 2.19. The number of fused-ring (bicyclic) bond motifs is 7. The smallest absolute Gasteiger partial charge is 0.135 e. The summed E-state index contributed by atoms with van der Waals surface area (Å²) in [6.07, 6.45) is 0. The van der Waals surface area contributed by atoms with Crippen LogP contribution >= 0.6 is 0 Å². The van der Waals surface area contributed by atoms with Gasteiger partial charge in [0.2, 0.25) is 0 Å². The van der Waals surface area contributed by atoms with Crippen molar-refractivity contribution in [3.8, 4) is 16.8 Å². The van der Waals surface area contributed by atoms with Gasteiger partial charge in [0.15, 0.2) is 0 Å². The lowest BCUT2D eigenvalue weighted by Crippen LogP contribution is -2.10. The molecule has 0 spiro atoms. The molecular formula is C46H30N2O. The number of aromatic nitrogens is 1. The monoisotopic (exact) mass is 626 g/mol. The number of hydrogen-bond acceptors (Lipinski definition) is 2. The van der Waals surface area contributed by atoms with E-state index in [-0.39, 0.29) is 0 Å². The summed E-state index contributed by atoms with van der Waals surface area (Å²) in [5.74, 6) is 0. The van der Waals surface area contributed by atoms with Crippen molar-refractivity contribution in [1.29, 1.82) is 0 Å². The van der Waals surface area contributed by atoms with Crippen molar-refractivity contribution in [2.45, 2.75) is 0 Å². The molecule has 0 aliphatic carbocycles. The van der Waals surface area contributed by atoms with Gasteiger partial charge >= 0.3 is 0 Å². The van der Waals surface area contributed by atoms with E-state index in [9.17, 15) is 0 Å². The lowest BCUT2D eigenvalue weighted by molar-refractivity contribution is 0.669. The van der Waals surface area contributed by atoms with Gasteiger partial charge in [0, 0.05) is 44.0 Å². The molecule has 0 amide bonds. The molecule has 2 aromatic heterocycles. The summed E-state index contributed by atoms with van der Waals surface area (Å²) in [7, 11) is 0. The number of benzene rings is 8. The van der Waals surface area contributed by atoms with Crippen LogP contribution in [0.5, 0.6) is 0 Å². The van der Waals surface area contributed by atoms with Crippen LogP contribution < -0.4 is 4.90 Å². The molecule has 8 aromatic carbocycles. The van der Waals surface area contributed by atoms with Crippen molar-refractivity contribution in [3.05, 3.63) is 182 Å². The van der Waals surface area contributed by atoms with Gasteiger partial charge in [-0.25, -0.2) is 0 Å². The molecule has 0 atom stereocenters. The first-order valence-corrected chi connectivity index (χ1v) is 16.7. The summed E-state index contributed by atoms with van der Waals surface area (Å²) < 4.78 is 8.49. The minimum atomic E-state index is 0.909. The lowest BCUT2D eigenvalue weighted by Gasteiger charge is -2.27. The van der Waals surface area contributed by atoms with Crippen molar-refractivity contribution in [1.82, 2.24) is 4.57 Å². The number of anilines is 3. The summed E-state index contributed by atoms with van der Waals surface area (Å²) >= 11 is 0. The topological polar surface area (TPSA) is 21.3 Å². The fourth-order valence-electron chi connectivity index (χ4n) is 7.49. The standard InChI is InChI=1S/C46H30N2O/c1-2-13-34(14-3-1)48-43-18-8-6-16-38(43)39-27-26-36(30-44(39)48)47(42-19-10-12-32-11-4-5-15-37(32)42)35-24-21-31(22-25-35)33-23-28-46-41(29-33)40-17-7-9-20-45(40)49-46/h1-30H. The molecule has 0 aliphatic heterocycles. The molecule has 0 N–H and O–H groups in total. The molecular weight excluding hydrogens is 597 g/mol. The van der Waals surface area contributed by atoms with Crippen LogP contribution in [0.15, 0.2) is 186 Å². The van der Waals surface area contributed by atoms with Gasteiger partial charge in [0.05, 0.1) is 16.7 Å². The summed E-state index contributed by atoms with van der Waals surface area (Å²) in [6.45, 7) is 0. The molecule has 0 fully saturated rings. The molecule has 0 saturated carbocycles. The zero-order chi connectivity index (χ0) is 32.3. The maximum absolute atomic E-state index is 6.10. The van der Waals surface area contributed by atoms with Crippen molar-refractivity contribution in [3.63, 3.8) is 0 Å². The minimum Gasteiger partial charge on any atom is -0.456 e. The second-order valence-electron chi connectivity index (χ2n) is 12.6. The lowest BCUT2D eigenvalue weighted by atomic mass is 10.0. The summed E-state index contributed by atoms with van der Waals surface area (Å²) in [5, 5.41) is 7.17. The van der Waals surface area contributed by atoms with Gasteiger partial charge in [-0.05, 0) is 83.2 Å². The Morgan fingerprint density at radius 3 is 1.92 bits per heavy atom. The van der Waals surface area contributed by atoms with E-state index in [2.05, 4.69) is 179 Å². The molecule has 0 aliphatic rings. The second kappa shape index (κ2) is 11.0. The average molecular weight is 627 g/mol. The van der Waals surface area contributed by atoms with Crippen LogP contribution in [0.3, 0.4) is 0 Å². The molecule has 0 radical (unpaired) electrons. The Balaban J connectivity index is 1.16. The van der Waals surface area contributed by atoms with Gasteiger partial charge in [0.1, 0.15) is 11.2 Å².